The number of rotatable bonds is 2. The predicted molar refractivity (Wildman–Crippen MR) is 67.0 cm³/mol. The normalized spacial score (nSPS) is 11.0. The van der Waals surface area contributed by atoms with Crippen LogP contribution in [0, 0.1) is 6.92 Å². The fourth-order valence-corrected chi connectivity index (χ4v) is 2.25. The molecule has 0 atom stereocenters. The SMILES string of the molecule is Cc1c(-c2cccs2)nc(C(C)C)[nH]c1=O. The van der Waals surface area contributed by atoms with Gasteiger partial charge in [-0.05, 0) is 18.4 Å². The van der Waals surface area contributed by atoms with Crippen LogP contribution in [0.5, 0.6) is 0 Å². The third-order valence-corrected chi connectivity index (χ3v) is 3.35. The van der Waals surface area contributed by atoms with E-state index in [4.69, 9.17) is 0 Å². The van der Waals surface area contributed by atoms with Gasteiger partial charge in [0.05, 0.1) is 10.6 Å². The Labute approximate surface area is 98.2 Å². The van der Waals surface area contributed by atoms with Crippen molar-refractivity contribution in [3.63, 3.8) is 0 Å². The molecule has 0 fully saturated rings. The second-order valence-corrected chi connectivity index (χ2v) is 5.00. The van der Waals surface area contributed by atoms with E-state index in [1.807, 2.05) is 38.3 Å². The summed E-state index contributed by atoms with van der Waals surface area (Å²) < 4.78 is 0. The van der Waals surface area contributed by atoms with E-state index in [9.17, 15) is 4.79 Å². The number of aromatic amines is 1. The lowest BCUT2D eigenvalue weighted by Gasteiger charge is -2.08. The highest BCUT2D eigenvalue weighted by Crippen LogP contribution is 2.24. The fraction of sp³-hybridized carbons (Fsp3) is 0.333. The van der Waals surface area contributed by atoms with Crippen molar-refractivity contribution in [2.45, 2.75) is 26.7 Å². The minimum Gasteiger partial charge on any atom is -0.310 e. The molecule has 0 aliphatic carbocycles. The summed E-state index contributed by atoms with van der Waals surface area (Å²) in [7, 11) is 0. The molecule has 0 saturated carbocycles. The van der Waals surface area contributed by atoms with Crippen molar-refractivity contribution >= 4 is 11.3 Å². The van der Waals surface area contributed by atoms with Gasteiger partial charge in [0.15, 0.2) is 0 Å². The standard InChI is InChI=1S/C12H14N2OS/c1-7(2)11-13-10(8(3)12(15)14-11)9-5-4-6-16-9/h4-7H,1-3H3,(H,13,14,15). The van der Waals surface area contributed by atoms with Crippen molar-refractivity contribution < 1.29 is 0 Å². The first-order valence-corrected chi connectivity index (χ1v) is 6.12. The Morgan fingerprint density at radius 2 is 2.19 bits per heavy atom. The summed E-state index contributed by atoms with van der Waals surface area (Å²) >= 11 is 1.60. The summed E-state index contributed by atoms with van der Waals surface area (Å²) in [6, 6.07) is 3.96. The zero-order chi connectivity index (χ0) is 11.7. The molecule has 0 unspecified atom stereocenters. The first kappa shape index (κ1) is 11.1. The van der Waals surface area contributed by atoms with E-state index in [2.05, 4.69) is 9.97 Å². The van der Waals surface area contributed by atoms with Gasteiger partial charge in [0.1, 0.15) is 5.82 Å². The highest BCUT2D eigenvalue weighted by atomic mass is 32.1. The van der Waals surface area contributed by atoms with Gasteiger partial charge in [0, 0.05) is 11.5 Å². The number of H-pyrrole nitrogens is 1. The smallest absolute Gasteiger partial charge is 0.254 e. The highest BCUT2D eigenvalue weighted by Gasteiger charge is 2.11. The molecule has 0 bridgehead atoms. The molecule has 0 spiro atoms. The van der Waals surface area contributed by atoms with Crippen molar-refractivity contribution in [1.82, 2.24) is 9.97 Å². The number of nitrogens with zero attached hydrogens (tertiary/aromatic N) is 1. The van der Waals surface area contributed by atoms with Crippen molar-refractivity contribution in [3.8, 4) is 10.6 Å². The predicted octanol–water partition coefficient (Wildman–Crippen LogP) is 2.93. The second kappa shape index (κ2) is 4.22. The lowest BCUT2D eigenvalue weighted by atomic mass is 10.1. The van der Waals surface area contributed by atoms with E-state index in [1.165, 1.54) is 0 Å². The topological polar surface area (TPSA) is 45.8 Å². The molecule has 0 aliphatic heterocycles. The number of nitrogens with one attached hydrogen (secondary N) is 1. The van der Waals surface area contributed by atoms with Gasteiger partial charge in [-0.1, -0.05) is 19.9 Å². The van der Waals surface area contributed by atoms with Crippen molar-refractivity contribution in [3.05, 3.63) is 39.3 Å². The molecule has 0 aromatic carbocycles. The van der Waals surface area contributed by atoms with Crippen LogP contribution in [-0.4, -0.2) is 9.97 Å². The summed E-state index contributed by atoms with van der Waals surface area (Å²) in [5, 5.41) is 1.99. The van der Waals surface area contributed by atoms with Crippen LogP contribution in [0.25, 0.3) is 10.6 Å². The summed E-state index contributed by atoms with van der Waals surface area (Å²) in [4.78, 5) is 20.2. The van der Waals surface area contributed by atoms with Crippen LogP contribution in [0.2, 0.25) is 0 Å². The molecule has 0 saturated heterocycles. The van der Waals surface area contributed by atoms with Crippen molar-refractivity contribution in [2.24, 2.45) is 0 Å². The summed E-state index contributed by atoms with van der Waals surface area (Å²) in [5.41, 5.74) is 1.46. The van der Waals surface area contributed by atoms with Gasteiger partial charge in [-0.2, -0.15) is 0 Å². The minimum atomic E-state index is -0.0397. The molecular weight excluding hydrogens is 220 g/mol. The molecule has 1 N–H and O–H groups in total. The van der Waals surface area contributed by atoms with E-state index < -0.39 is 0 Å². The third kappa shape index (κ3) is 1.93. The number of hydrogen-bond donors (Lipinski definition) is 1. The summed E-state index contributed by atoms with van der Waals surface area (Å²) in [6.07, 6.45) is 0. The Hall–Kier alpha value is -1.42. The number of thiophene rings is 1. The first-order chi connectivity index (χ1) is 7.59. The Bertz CT molecular complexity index is 541. The molecule has 84 valence electrons. The lowest BCUT2D eigenvalue weighted by molar-refractivity contribution is 0.765. The molecule has 2 heterocycles. The van der Waals surface area contributed by atoms with Crippen molar-refractivity contribution in [1.29, 1.82) is 0 Å². The monoisotopic (exact) mass is 234 g/mol. The lowest BCUT2D eigenvalue weighted by Crippen LogP contribution is -2.16. The number of hydrogen-bond acceptors (Lipinski definition) is 3. The van der Waals surface area contributed by atoms with Crippen LogP contribution in [-0.2, 0) is 0 Å². The first-order valence-electron chi connectivity index (χ1n) is 5.24. The number of aromatic nitrogens is 2. The van der Waals surface area contributed by atoms with Crippen LogP contribution < -0.4 is 5.56 Å². The van der Waals surface area contributed by atoms with E-state index in [-0.39, 0.29) is 11.5 Å². The maximum absolute atomic E-state index is 11.8. The van der Waals surface area contributed by atoms with E-state index in [1.54, 1.807) is 11.3 Å². The second-order valence-electron chi connectivity index (χ2n) is 4.06. The zero-order valence-electron chi connectivity index (χ0n) is 9.57. The zero-order valence-corrected chi connectivity index (χ0v) is 10.4. The quantitative estimate of drug-likeness (QED) is 0.868. The largest absolute Gasteiger partial charge is 0.310 e. The van der Waals surface area contributed by atoms with E-state index in [0.29, 0.717) is 5.56 Å². The van der Waals surface area contributed by atoms with Crippen LogP contribution in [0.4, 0.5) is 0 Å². The average Bonchev–Trinajstić information content (AvgIpc) is 2.74. The molecule has 0 radical (unpaired) electrons. The Morgan fingerprint density at radius 1 is 1.44 bits per heavy atom. The van der Waals surface area contributed by atoms with Gasteiger partial charge in [-0.3, -0.25) is 4.79 Å². The highest BCUT2D eigenvalue weighted by molar-refractivity contribution is 7.13. The Morgan fingerprint density at radius 3 is 2.75 bits per heavy atom. The van der Waals surface area contributed by atoms with Gasteiger partial charge in [0.25, 0.3) is 5.56 Å². The van der Waals surface area contributed by atoms with Gasteiger partial charge in [-0.25, -0.2) is 4.98 Å². The van der Waals surface area contributed by atoms with Crippen molar-refractivity contribution in [2.75, 3.05) is 0 Å². The fourth-order valence-electron chi connectivity index (χ4n) is 1.48. The molecule has 3 nitrogen and oxygen atoms in total. The van der Waals surface area contributed by atoms with Gasteiger partial charge in [-0.15, -0.1) is 11.3 Å². The molecule has 2 aromatic rings. The van der Waals surface area contributed by atoms with Crippen LogP contribution >= 0.6 is 11.3 Å². The minimum absolute atomic E-state index is 0.0397. The van der Waals surface area contributed by atoms with Crippen LogP contribution in [0.3, 0.4) is 0 Å². The maximum Gasteiger partial charge on any atom is 0.254 e. The van der Waals surface area contributed by atoms with Crippen LogP contribution in [0.1, 0.15) is 31.2 Å². The molecular formula is C12H14N2OS. The molecule has 16 heavy (non-hydrogen) atoms. The molecule has 0 aliphatic rings. The van der Waals surface area contributed by atoms with Crippen LogP contribution in [0.15, 0.2) is 22.3 Å². The molecule has 4 heteroatoms. The Balaban J connectivity index is 2.65. The maximum atomic E-state index is 11.8. The Kier molecular flexibility index (Phi) is 2.92. The van der Waals surface area contributed by atoms with Gasteiger partial charge in [0.2, 0.25) is 0 Å². The van der Waals surface area contributed by atoms with E-state index >= 15 is 0 Å². The van der Waals surface area contributed by atoms with E-state index in [0.717, 1.165) is 16.4 Å². The molecule has 0 amide bonds. The summed E-state index contributed by atoms with van der Waals surface area (Å²) in [5.74, 6) is 0.978. The van der Waals surface area contributed by atoms with Gasteiger partial charge >= 0.3 is 0 Å². The third-order valence-electron chi connectivity index (χ3n) is 2.47. The van der Waals surface area contributed by atoms with Gasteiger partial charge < -0.3 is 4.98 Å². The molecule has 2 rings (SSSR count). The summed E-state index contributed by atoms with van der Waals surface area (Å²) in [6.45, 7) is 5.85. The average molecular weight is 234 g/mol. The molecule has 2 aromatic heterocycles.